The van der Waals surface area contributed by atoms with E-state index < -0.39 is 5.54 Å². The topological polar surface area (TPSA) is 24.7 Å². The first kappa shape index (κ1) is 14.1. The minimum absolute atomic E-state index is 0.582. The lowest BCUT2D eigenvalue weighted by Crippen LogP contribution is -2.21. The number of rotatable bonds is 2. The van der Waals surface area contributed by atoms with Crippen LogP contribution in [-0.2, 0) is 5.54 Å². The number of hydrogen-bond acceptors (Lipinski definition) is 2. The molecule has 0 fully saturated rings. The van der Waals surface area contributed by atoms with Crippen molar-refractivity contribution in [2.24, 2.45) is 10.2 Å². The van der Waals surface area contributed by atoms with E-state index in [-0.39, 0.29) is 0 Å². The Kier molecular flexibility index (Phi) is 3.04. The van der Waals surface area contributed by atoms with Gasteiger partial charge in [0.1, 0.15) is 0 Å². The summed E-state index contributed by atoms with van der Waals surface area (Å²) in [5, 5.41) is 13.9. The molecule has 0 saturated heterocycles. The smallest absolute Gasteiger partial charge is 0.153 e. The van der Waals surface area contributed by atoms with Crippen LogP contribution in [0.1, 0.15) is 11.1 Å². The Morgan fingerprint density at radius 2 is 1.24 bits per heavy atom. The van der Waals surface area contributed by atoms with Crippen molar-refractivity contribution in [3.05, 3.63) is 108 Å². The molecule has 4 aromatic carbocycles. The van der Waals surface area contributed by atoms with Gasteiger partial charge in [-0.1, -0.05) is 78.9 Å². The largest absolute Gasteiger partial charge is 0.168 e. The first-order valence-electron chi connectivity index (χ1n) is 8.45. The van der Waals surface area contributed by atoms with Crippen LogP contribution in [0.15, 0.2) is 107 Å². The van der Waals surface area contributed by atoms with Gasteiger partial charge < -0.3 is 0 Å². The molecule has 1 aliphatic rings. The molecule has 0 aromatic heterocycles. The molecule has 118 valence electrons. The highest BCUT2D eigenvalue weighted by atomic mass is 15.2. The maximum atomic E-state index is 4.72. The third-order valence-corrected chi connectivity index (χ3v) is 4.96. The van der Waals surface area contributed by atoms with E-state index in [9.17, 15) is 0 Å². The van der Waals surface area contributed by atoms with E-state index in [0.717, 1.165) is 5.56 Å². The summed E-state index contributed by atoms with van der Waals surface area (Å²) in [6, 6.07) is 29.7. The summed E-state index contributed by atoms with van der Waals surface area (Å²) in [7, 11) is 0. The molecule has 2 heteroatoms. The number of nitrogens with zero attached hydrogens (tertiary/aromatic N) is 2. The van der Waals surface area contributed by atoms with Gasteiger partial charge in [0.05, 0.1) is 0 Å². The molecule has 5 rings (SSSR count). The van der Waals surface area contributed by atoms with Gasteiger partial charge in [0.2, 0.25) is 0 Å². The van der Waals surface area contributed by atoms with E-state index in [2.05, 4.69) is 90.1 Å². The van der Waals surface area contributed by atoms with Crippen LogP contribution in [0.5, 0.6) is 0 Å². The first-order chi connectivity index (χ1) is 12.4. The average Bonchev–Trinajstić information content (AvgIpc) is 3.17. The van der Waals surface area contributed by atoms with E-state index in [0.29, 0.717) is 0 Å². The predicted molar refractivity (Wildman–Crippen MR) is 103 cm³/mol. The molecule has 0 amide bonds. The Morgan fingerprint density at radius 3 is 1.84 bits per heavy atom. The van der Waals surface area contributed by atoms with Crippen LogP contribution in [-0.4, -0.2) is 0 Å². The summed E-state index contributed by atoms with van der Waals surface area (Å²) < 4.78 is 0. The number of fused-ring (bicyclic) bond motifs is 2. The van der Waals surface area contributed by atoms with Crippen LogP contribution in [0.4, 0.5) is 0 Å². The van der Waals surface area contributed by atoms with Gasteiger partial charge in [0.15, 0.2) is 5.54 Å². The van der Waals surface area contributed by atoms with Gasteiger partial charge in [-0.3, -0.25) is 0 Å². The zero-order valence-corrected chi connectivity index (χ0v) is 13.6. The molecule has 1 unspecified atom stereocenters. The Balaban J connectivity index is 1.99. The minimum Gasteiger partial charge on any atom is -0.168 e. The van der Waals surface area contributed by atoms with Crippen molar-refractivity contribution in [2.75, 3.05) is 0 Å². The fourth-order valence-electron chi connectivity index (χ4n) is 3.85. The SMILES string of the molecule is C1=CC(c2ccccc2)(c2c3ccccc3cc3ccccc23)N=N1. The molecule has 0 radical (unpaired) electrons. The standard InChI is InChI=1S/C23H16N2/c1-2-10-19(11-3-1)23(14-15-24-25-23)22-20-12-6-4-8-17(20)16-18-9-5-7-13-21(18)22/h1-16H. The molecular formula is C23H16N2. The Hall–Kier alpha value is -3.26. The van der Waals surface area contributed by atoms with Crippen LogP contribution in [0.2, 0.25) is 0 Å². The van der Waals surface area contributed by atoms with E-state index >= 15 is 0 Å². The zero-order chi connectivity index (χ0) is 16.7. The third kappa shape index (κ3) is 2.04. The summed E-state index contributed by atoms with van der Waals surface area (Å²) in [4.78, 5) is 0. The number of azo groups is 1. The lowest BCUT2D eigenvalue weighted by atomic mass is 9.78. The van der Waals surface area contributed by atoms with Gasteiger partial charge in [0.25, 0.3) is 0 Å². The van der Waals surface area contributed by atoms with E-state index in [4.69, 9.17) is 5.11 Å². The van der Waals surface area contributed by atoms with Crippen LogP contribution in [0, 0.1) is 0 Å². The van der Waals surface area contributed by atoms with Crippen molar-refractivity contribution in [3.63, 3.8) is 0 Å². The van der Waals surface area contributed by atoms with Crippen molar-refractivity contribution in [1.29, 1.82) is 0 Å². The highest BCUT2D eigenvalue weighted by molar-refractivity contribution is 6.04. The quantitative estimate of drug-likeness (QED) is 0.392. The molecular weight excluding hydrogens is 304 g/mol. The summed E-state index contributed by atoms with van der Waals surface area (Å²) in [6.45, 7) is 0. The summed E-state index contributed by atoms with van der Waals surface area (Å²) in [6.07, 6.45) is 3.92. The minimum atomic E-state index is -0.582. The molecule has 25 heavy (non-hydrogen) atoms. The van der Waals surface area contributed by atoms with Crippen LogP contribution >= 0.6 is 0 Å². The van der Waals surface area contributed by atoms with Gasteiger partial charge in [-0.15, -0.1) is 0 Å². The molecule has 0 saturated carbocycles. The molecule has 4 aromatic rings. The van der Waals surface area contributed by atoms with Crippen LogP contribution in [0.25, 0.3) is 21.5 Å². The second kappa shape index (κ2) is 5.38. The normalized spacial score (nSPS) is 19.0. The lowest BCUT2D eigenvalue weighted by molar-refractivity contribution is 0.682. The second-order valence-electron chi connectivity index (χ2n) is 6.36. The first-order valence-corrected chi connectivity index (χ1v) is 8.45. The van der Waals surface area contributed by atoms with E-state index in [1.54, 1.807) is 0 Å². The van der Waals surface area contributed by atoms with Crippen molar-refractivity contribution in [3.8, 4) is 0 Å². The van der Waals surface area contributed by atoms with Gasteiger partial charge in [0, 0.05) is 11.8 Å². The van der Waals surface area contributed by atoms with Crippen molar-refractivity contribution < 1.29 is 0 Å². The van der Waals surface area contributed by atoms with Crippen LogP contribution in [0.3, 0.4) is 0 Å². The third-order valence-electron chi connectivity index (χ3n) is 4.96. The molecule has 0 N–H and O–H groups in total. The molecule has 1 atom stereocenters. The Morgan fingerprint density at radius 1 is 0.640 bits per heavy atom. The monoisotopic (exact) mass is 320 g/mol. The predicted octanol–water partition coefficient (Wildman–Crippen LogP) is 6.22. The van der Waals surface area contributed by atoms with Crippen molar-refractivity contribution >= 4 is 21.5 Å². The van der Waals surface area contributed by atoms with Gasteiger partial charge in [-0.2, -0.15) is 10.2 Å². The highest BCUT2D eigenvalue weighted by Gasteiger charge is 2.36. The maximum Gasteiger partial charge on any atom is 0.153 e. The van der Waals surface area contributed by atoms with Gasteiger partial charge >= 0.3 is 0 Å². The van der Waals surface area contributed by atoms with E-state index in [1.165, 1.54) is 27.1 Å². The Bertz CT molecular complexity index is 1070. The van der Waals surface area contributed by atoms with Gasteiger partial charge in [-0.05, 0) is 39.3 Å². The lowest BCUT2D eigenvalue weighted by Gasteiger charge is -2.27. The summed E-state index contributed by atoms with van der Waals surface area (Å²) >= 11 is 0. The second-order valence-corrected chi connectivity index (χ2v) is 6.36. The number of benzene rings is 4. The number of hydrogen-bond donors (Lipinski definition) is 0. The molecule has 0 aliphatic carbocycles. The molecule has 1 heterocycles. The fraction of sp³-hybridized carbons (Fsp3) is 0.0435. The van der Waals surface area contributed by atoms with Crippen molar-refractivity contribution in [2.45, 2.75) is 5.54 Å². The average molecular weight is 320 g/mol. The van der Waals surface area contributed by atoms with Crippen molar-refractivity contribution in [1.82, 2.24) is 0 Å². The zero-order valence-electron chi connectivity index (χ0n) is 13.6. The Labute approximate surface area is 146 Å². The highest BCUT2D eigenvalue weighted by Crippen LogP contribution is 2.45. The molecule has 2 nitrogen and oxygen atoms in total. The summed E-state index contributed by atoms with van der Waals surface area (Å²) in [5.74, 6) is 0. The summed E-state index contributed by atoms with van der Waals surface area (Å²) in [5.41, 5.74) is 1.75. The van der Waals surface area contributed by atoms with Gasteiger partial charge in [-0.25, -0.2) is 0 Å². The molecule has 0 spiro atoms. The molecule has 1 aliphatic heterocycles. The van der Waals surface area contributed by atoms with Crippen LogP contribution < -0.4 is 0 Å². The molecule has 0 bridgehead atoms. The van der Waals surface area contributed by atoms with E-state index in [1.807, 2.05) is 12.3 Å². The fourth-order valence-corrected chi connectivity index (χ4v) is 3.85. The maximum absolute atomic E-state index is 4.72.